The van der Waals surface area contributed by atoms with Crippen molar-refractivity contribution >= 4 is 17.8 Å². The Morgan fingerprint density at radius 2 is 2.00 bits per heavy atom. The molecule has 1 fully saturated rings. The molecule has 0 saturated carbocycles. The summed E-state index contributed by atoms with van der Waals surface area (Å²) in [7, 11) is 0. The number of hydrogen-bond donors (Lipinski definition) is 1. The molecule has 2 unspecified atom stereocenters. The van der Waals surface area contributed by atoms with Gasteiger partial charge in [0, 0.05) is 12.6 Å². The van der Waals surface area contributed by atoms with Crippen LogP contribution in [0.1, 0.15) is 25.5 Å². The molecule has 0 amide bonds. The molecule has 0 aromatic carbocycles. The number of nitrogens with zero attached hydrogens (tertiary/aromatic N) is 2. The SMILES string of the molecule is Nc1ccn(C2CC3COC(=O)CCC(=O)OC=C3O2)c(=O)n1. The van der Waals surface area contributed by atoms with E-state index in [1.165, 1.54) is 23.1 Å². The van der Waals surface area contributed by atoms with Gasteiger partial charge in [0.1, 0.15) is 24.4 Å². The van der Waals surface area contributed by atoms with Crippen molar-refractivity contribution in [1.29, 1.82) is 0 Å². The van der Waals surface area contributed by atoms with Gasteiger partial charge in [0.15, 0.2) is 6.23 Å². The standard InChI is InChI=1S/C14H15N3O6/c15-10-3-4-17(14(20)16-10)11-5-8-6-21-12(18)1-2-13(19)22-7-9(8)23-11/h3-4,7-8,11H,1-2,5-6H2,(H2,15,16,20). The summed E-state index contributed by atoms with van der Waals surface area (Å²) in [6.07, 6.45) is 2.35. The Labute approximate surface area is 130 Å². The maximum Gasteiger partial charge on any atom is 0.352 e. The molecular weight excluding hydrogens is 306 g/mol. The summed E-state index contributed by atoms with van der Waals surface area (Å²) < 4.78 is 17.0. The van der Waals surface area contributed by atoms with Crippen LogP contribution < -0.4 is 11.4 Å². The number of hydrogen-bond acceptors (Lipinski definition) is 8. The average molecular weight is 321 g/mol. The van der Waals surface area contributed by atoms with Crippen LogP contribution in [-0.4, -0.2) is 28.1 Å². The summed E-state index contributed by atoms with van der Waals surface area (Å²) in [6, 6.07) is 1.48. The molecule has 2 atom stereocenters. The van der Waals surface area contributed by atoms with E-state index in [0.29, 0.717) is 12.2 Å². The summed E-state index contributed by atoms with van der Waals surface area (Å²) in [4.78, 5) is 38.5. The van der Waals surface area contributed by atoms with Crippen molar-refractivity contribution in [2.24, 2.45) is 5.92 Å². The molecule has 1 aromatic rings. The summed E-state index contributed by atoms with van der Waals surface area (Å²) in [5.41, 5.74) is 4.91. The van der Waals surface area contributed by atoms with Crippen molar-refractivity contribution < 1.29 is 23.8 Å². The van der Waals surface area contributed by atoms with E-state index in [9.17, 15) is 14.4 Å². The van der Waals surface area contributed by atoms with Crippen molar-refractivity contribution in [3.8, 4) is 0 Å². The van der Waals surface area contributed by atoms with Crippen LogP contribution in [0.4, 0.5) is 5.82 Å². The molecule has 0 aliphatic carbocycles. The van der Waals surface area contributed by atoms with E-state index in [2.05, 4.69) is 4.98 Å². The van der Waals surface area contributed by atoms with Crippen LogP contribution in [0.25, 0.3) is 0 Å². The molecule has 1 saturated heterocycles. The number of ether oxygens (including phenoxy) is 3. The van der Waals surface area contributed by atoms with Crippen LogP contribution in [-0.2, 0) is 23.8 Å². The van der Waals surface area contributed by atoms with Gasteiger partial charge in [-0.3, -0.25) is 14.2 Å². The molecular formula is C14H15N3O6. The highest BCUT2D eigenvalue weighted by atomic mass is 16.6. The molecule has 2 N–H and O–H groups in total. The predicted octanol–water partition coefficient (Wildman–Crippen LogP) is 0.0822. The first-order valence-corrected chi connectivity index (χ1v) is 7.09. The Kier molecular flexibility index (Phi) is 4.00. The summed E-state index contributed by atoms with van der Waals surface area (Å²) in [6.45, 7) is 0.0931. The van der Waals surface area contributed by atoms with E-state index >= 15 is 0 Å². The van der Waals surface area contributed by atoms with E-state index in [1.54, 1.807) is 0 Å². The van der Waals surface area contributed by atoms with Gasteiger partial charge in [-0.1, -0.05) is 0 Å². The third kappa shape index (κ3) is 3.33. The van der Waals surface area contributed by atoms with Gasteiger partial charge in [-0.15, -0.1) is 0 Å². The molecule has 3 rings (SSSR count). The normalized spacial score (nSPS) is 24.8. The minimum Gasteiger partial charge on any atom is -0.471 e. The molecule has 2 aliphatic heterocycles. The van der Waals surface area contributed by atoms with Crippen molar-refractivity contribution in [2.45, 2.75) is 25.5 Å². The number of esters is 2. The molecule has 2 aliphatic rings. The van der Waals surface area contributed by atoms with Crippen LogP contribution in [0, 0.1) is 5.92 Å². The van der Waals surface area contributed by atoms with Gasteiger partial charge in [-0.05, 0) is 6.07 Å². The minimum absolute atomic E-state index is 0.0274. The number of nitrogen functional groups attached to an aromatic ring is 1. The van der Waals surface area contributed by atoms with E-state index in [-0.39, 0.29) is 31.2 Å². The van der Waals surface area contributed by atoms with Crippen LogP contribution >= 0.6 is 0 Å². The first-order valence-electron chi connectivity index (χ1n) is 7.09. The lowest BCUT2D eigenvalue weighted by Crippen LogP contribution is -2.27. The van der Waals surface area contributed by atoms with Crippen molar-refractivity contribution in [1.82, 2.24) is 9.55 Å². The Morgan fingerprint density at radius 1 is 1.22 bits per heavy atom. The molecule has 0 spiro atoms. The second-order valence-corrected chi connectivity index (χ2v) is 5.24. The number of carbonyl (C=O) groups is 2. The highest BCUT2D eigenvalue weighted by Gasteiger charge is 2.35. The summed E-state index contributed by atoms with van der Waals surface area (Å²) in [5.74, 6) is -0.863. The van der Waals surface area contributed by atoms with Gasteiger partial charge in [0.05, 0.1) is 18.8 Å². The zero-order valence-electron chi connectivity index (χ0n) is 12.1. The van der Waals surface area contributed by atoms with Gasteiger partial charge in [0.25, 0.3) is 0 Å². The molecule has 9 nitrogen and oxygen atoms in total. The second-order valence-electron chi connectivity index (χ2n) is 5.24. The predicted molar refractivity (Wildman–Crippen MR) is 75.5 cm³/mol. The van der Waals surface area contributed by atoms with Gasteiger partial charge in [0.2, 0.25) is 0 Å². The Bertz CT molecular complexity index is 725. The smallest absolute Gasteiger partial charge is 0.352 e. The fraction of sp³-hybridized carbons (Fsp3) is 0.429. The number of nitrogens with two attached hydrogens (primary N) is 1. The zero-order valence-corrected chi connectivity index (χ0v) is 12.1. The maximum absolute atomic E-state index is 11.9. The fourth-order valence-corrected chi connectivity index (χ4v) is 2.40. The van der Waals surface area contributed by atoms with Crippen LogP contribution in [0.15, 0.2) is 29.1 Å². The summed E-state index contributed by atoms with van der Waals surface area (Å²) in [5, 5.41) is 0. The number of aromatic nitrogens is 2. The maximum atomic E-state index is 11.9. The number of cyclic esters (lactones) is 2. The number of anilines is 1. The van der Waals surface area contributed by atoms with E-state index in [0.717, 1.165) is 0 Å². The number of rotatable bonds is 1. The molecule has 1 aromatic heterocycles. The van der Waals surface area contributed by atoms with E-state index in [4.69, 9.17) is 19.9 Å². The highest BCUT2D eigenvalue weighted by molar-refractivity contribution is 5.78. The topological polar surface area (TPSA) is 123 Å². The van der Waals surface area contributed by atoms with Gasteiger partial charge >= 0.3 is 17.6 Å². The Hall–Kier alpha value is -2.84. The van der Waals surface area contributed by atoms with E-state index in [1.807, 2.05) is 0 Å². The molecule has 3 heterocycles. The van der Waals surface area contributed by atoms with Crippen LogP contribution in [0.5, 0.6) is 0 Å². The lowest BCUT2D eigenvalue weighted by atomic mass is 10.1. The third-order valence-electron chi connectivity index (χ3n) is 3.61. The van der Waals surface area contributed by atoms with Gasteiger partial charge < -0.3 is 19.9 Å². The first-order chi connectivity index (χ1) is 11.0. The van der Waals surface area contributed by atoms with Crippen LogP contribution in [0.2, 0.25) is 0 Å². The summed E-state index contributed by atoms with van der Waals surface area (Å²) >= 11 is 0. The number of carbonyl (C=O) groups excluding carboxylic acids is 2. The number of fused-ring (bicyclic) bond motifs is 1. The monoisotopic (exact) mass is 321 g/mol. The lowest BCUT2D eigenvalue weighted by Gasteiger charge is -2.13. The second kappa shape index (κ2) is 6.11. The molecule has 23 heavy (non-hydrogen) atoms. The van der Waals surface area contributed by atoms with Gasteiger partial charge in [-0.25, -0.2) is 4.79 Å². The van der Waals surface area contributed by atoms with Gasteiger partial charge in [-0.2, -0.15) is 4.98 Å². The molecule has 9 heteroatoms. The highest BCUT2D eigenvalue weighted by Crippen LogP contribution is 2.36. The van der Waals surface area contributed by atoms with Crippen molar-refractivity contribution in [2.75, 3.05) is 12.3 Å². The van der Waals surface area contributed by atoms with Crippen LogP contribution in [0.3, 0.4) is 0 Å². The fourth-order valence-electron chi connectivity index (χ4n) is 2.40. The molecule has 0 radical (unpaired) electrons. The first kappa shape index (κ1) is 15.1. The largest absolute Gasteiger partial charge is 0.471 e. The zero-order chi connectivity index (χ0) is 16.4. The Balaban J connectivity index is 1.84. The van der Waals surface area contributed by atoms with Crippen molar-refractivity contribution in [3.63, 3.8) is 0 Å². The minimum atomic E-state index is -0.634. The average Bonchev–Trinajstić information content (AvgIpc) is 2.91. The Morgan fingerprint density at radius 3 is 2.78 bits per heavy atom. The van der Waals surface area contributed by atoms with E-state index < -0.39 is 23.9 Å². The van der Waals surface area contributed by atoms with Crippen molar-refractivity contribution in [3.05, 3.63) is 34.8 Å². The molecule has 0 bridgehead atoms. The lowest BCUT2D eigenvalue weighted by molar-refractivity contribution is -0.149. The molecule has 122 valence electrons. The third-order valence-corrected chi connectivity index (χ3v) is 3.61. The quantitative estimate of drug-likeness (QED) is 0.722.